The number of hydrogen-bond acceptors (Lipinski definition) is 6. The lowest BCUT2D eigenvalue weighted by molar-refractivity contribution is -0.135. The number of rotatable bonds is 6. The first-order valence-electron chi connectivity index (χ1n) is 10.5. The van der Waals surface area contributed by atoms with Crippen LogP contribution in [-0.2, 0) is 9.59 Å². The van der Waals surface area contributed by atoms with Crippen LogP contribution in [0.3, 0.4) is 0 Å². The minimum absolute atomic E-state index is 0.0682. The molecule has 3 N–H and O–H groups in total. The molecule has 2 atom stereocenters. The molecule has 0 aliphatic carbocycles. The minimum atomic E-state index is -0.833. The van der Waals surface area contributed by atoms with Crippen molar-refractivity contribution in [2.24, 2.45) is 11.7 Å². The Hall–Kier alpha value is -2.81. The number of carboxylic acids is 1. The first kappa shape index (κ1) is 24.5. The lowest BCUT2D eigenvalue weighted by atomic mass is 9.98. The predicted molar refractivity (Wildman–Crippen MR) is 115 cm³/mol. The summed E-state index contributed by atoms with van der Waals surface area (Å²) in [4.78, 5) is 38.4. The summed E-state index contributed by atoms with van der Waals surface area (Å²) in [6, 6.07) is 5.32. The summed E-state index contributed by atoms with van der Waals surface area (Å²) < 4.78 is 11.1. The van der Waals surface area contributed by atoms with Crippen LogP contribution in [0, 0.1) is 5.92 Å². The Kier molecular flexibility index (Phi) is 9.11. The van der Waals surface area contributed by atoms with Crippen molar-refractivity contribution in [3.05, 3.63) is 23.8 Å². The van der Waals surface area contributed by atoms with Crippen molar-refractivity contribution < 1.29 is 29.0 Å². The molecular weight excluding hydrogens is 402 g/mol. The Morgan fingerprint density at radius 2 is 1.94 bits per heavy atom. The van der Waals surface area contributed by atoms with Gasteiger partial charge < -0.3 is 30.1 Å². The minimum Gasteiger partial charge on any atom is -0.493 e. The van der Waals surface area contributed by atoms with Crippen LogP contribution in [0.25, 0.3) is 0 Å². The molecule has 2 amide bonds. The summed E-state index contributed by atoms with van der Waals surface area (Å²) in [7, 11) is 3.43. The zero-order valence-electron chi connectivity index (χ0n) is 18.5. The molecule has 9 nitrogen and oxygen atoms in total. The van der Waals surface area contributed by atoms with E-state index in [4.69, 9.17) is 25.1 Å². The fourth-order valence-corrected chi connectivity index (χ4v) is 3.90. The summed E-state index contributed by atoms with van der Waals surface area (Å²) in [5, 5.41) is 7.42. The summed E-state index contributed by atoms with van der Waals surface area (Å²) in [6.45, 7) is 3.15. The molecule has 1 aromatic rings. The topological polar surface area (TPSA) is 122 Å². The highest BCUT2D eigenvalue weighted by atomic mass is 16.5. The van der Waals surface area contributed by atoms with Gasteiger partial charge in [-0.15, -0.1) is 0 Å². The maximum atomic E-state index is 13.2. The molecule has 1 aromatic carbocycles. The van der Waals surface area contributed by atoms with E-state index in [9.17, 15) is 9.59 Å². The van der Waals surface area contributed by atoms with Crippen LogP contribution in [0.15, 0.2) is 18.2 Å². The molecule has 2 heterocycles. The number of carbonyl (C=O) groups is 3. The second kappa shape index (κ2) is 11.5. The molecule has 0 saturated carbocycles. The van der Waals surface area contributed by atoms with E-state index in [1.807, 2.05) is 16.8 Å². The SMILES string of the molecule is CC(=O)O.COc1ccc(C(=O)N2C[C@H]3CCC[C@@H](C2)N(C)C3=O)cc1OCCCN. The highest BCUT2D eigenvalue weighted by molar-refractivity contribution is 5.95. The van der Waals surface area contributed by atoms with Gasteiger partial charge in [-0.3, -0.25) is 14.4 Å². The van der Waals surface area contributed by atoms with Gasteiger partial charge in [0.15, 0.2) is 11.5 Å². The number of nitrogens with zero attached hydrogens (tertiary/aromatic N) is 2. The standard InChI is InChI=1S/C20H29N3O4.C2H4O2/c1-22-16-6-3-5-15(19(22)24)12-23(13-16)20(25)14-7-8-17(26-2)18(11-14)27-10-4-9-21;1-2(3)4/h7-8,11,15-16H,3-6,9-10,12-13,21H2,1-2H3;1H3,(H,3,4)/t15-,16+;/m1./s1. The molecule has 2 aliphatic rings. The van der Waals surface area contributed by atoms with E-state index < -0.39 is 5.97 Å². The summed E-state index contributed by atoms with van der Waals surface area (Å²) >= 11 is 0. The van der Waals surface area contributed by atoms with E-state index in [0.29, 0.717) is 43.3 Å². The molecule has 172 valence electrons. The van der Waals surface area contributed by atoms with Crippen LogP contribution < -0.4 is 15.2 Å². The van der Waals surface area contributed by atoms with Gasteiger partial charge in [-0.2, -0.15) is 0 Å². The molecule has 3 rings (SSSR count). The van der Waals surface area contributed by atoms with E-state index in [-0.39, 0.29) is 23.8 Å². The van der Waals surface area contributed by atoms with Crippen molar-refractivity contribution >= 4 is 17.8 Å². The number of fused-ring (bicyclic) bond motifs is 3. The van der Waals surface area contributed by atoms with Gasteiger partial charge in [0.05, 0.1) is 19.6 Å². The van der Waals surface area contributed by atoms with Crippen LogP contribution in [0.1, 0.15) is 43.0 Å². The Morgan fingerprint density at radius 3 is 2.58 bits per heavy atom. The average Bonchev–Trinajstić information content (AvgIpc) is 2.91. The molecule has 2 bridgehead atoms. The fourth-order valence-electron chi connectivity index (χ4n) is 3.90. The normalized spacial score (nSPS) is 20.3. The van der Waals surface area contributed by atoms with Gasteiger partial charge in [0.1, 0.15) is 0 Å². The average molecular weight is 436 g/mol. The molecule has 0 unspecified atom stereocenters. The number of amides is 2. The Bertz CT molecular complexity index is 781. The second-order valence-corrected chi connectivity index (χ2v) is 7.82. The number of benzene rings is 1. The van der Waals surface area contributed by atoms with E-state index >= 15 is 0 Å². The van der Waals surface area contributed by atoms with E-state index in [2.05, 4.69) is 0 Å². The van der Waals surface area contributed by atoms with Crippen molar-refractivity contribution in [2.75, 3.05) is 40.4 Å². The van der Waals surface area contributed by atoms with E-state index in [0.717, 1.165) is 32.6 Å². The van der Waals surface area contributed by atoms with Crippen molar-refractivity contribution in [3.63, 3.8) is 0 Å². The number of carbonyl (C=O) groups excluding carboxylic acids is 2. The van der Waals surface area contributed by atoms with Gasteiger partial charge in [-0.1, -0.05) is 6.42 Å². The largest absolute Gasteiger partial charge is 0.493 e. The predicted octanol–water partition coefficient (Wildman–Crippen LogP) is 1.60. The van der Waals surface area contributed by atoms with Crippen LogP contribution in [0.4, 0.5) is 0 Å². The first-order chi connectivity index (χ1) is 14.8. The highest BCUT2D eigenvalue weighted by Gasteiger charge is 2.38. The third kappa shape index (κ3) is 6.58. The number of likely N-dealkylation sites (tertiary alicyclic amines) is 1. The second-order valence-electron chi connectivity index (χ2n) is 7.82. The molecule has 31 heavy (non-hydrogen) atoms. The Morgan fingerprint density at radius 1 is 1.23 bits per heavy atom. The summed E-state index contributed by atoms with van der Waals surface area (Å²) in [5.41, 5.74) is 6.07. The molecule has 2 fully saturated rings. The van der Waals surface area contributed by atoms with Crippen molar-refractivity contribution in [1.82, 2.24) is 9.80 Å². The van der Waals surface area contributed by atoms with Crippen LogP contribution in [0.5, 0.6) is 11.5 Å². The van der Waals surface area contributed by atoms with Gasteiger partial charge in [0.25, 0.3) is 11.9 Å². The van der Waals surface area contributed by atoms with Gasteiger partial charge in [-0.25, -0.2) is 0 Å². The number of hydrogen-bond donors (Lipinski definition) is 2. The quantitative estimate of drug-likeness (QED) is 0.651. The third-order valence-electron chi connectivity index (χ3n) is 5.51. The summed E-state index contributed by atoms with van der Waals surface area (Å²) in [5.74, 6) is 0.283. The zero-order chi connectivity index (χ0) is 23.0. The monoisotopic (exact) mass is 435 g/mol. The number of ether oxygens (including phenoxy) is 2. The van der Waals surface area contributed by atoms with Crippen molar-refractivity contribution in [1.29, 1.82) is 0 Å². The molecule has 2 aliphatic heterocycles. The smallest absolute Gasteiger partial charge is 0.300 e. The summed E-state index contributed by atoms with van der Waals surface area (Å²) in [6.07, 6.45) is 3.55. The Balaban J connectivity index is 0.000000785. The highest BCUT2D eigenvalue weighted by Crippen LogP contribution is 2.31. The van der Waals surface area contributed by atoms with Crippen LogP contribution in [-0.4, -0.2) is 79.1 Å². The van der Waals surface area contributed by atoms with E-state index in [1.54, 1.807) is 25.3 Å². The van der Waals surface area contributed by atoms with Crippen LogP contribution in [0.2, 0.25) is 0 Å². The lowest BCUT2D eigenvalue weighted by Crippen LogP contribution is -2.42. The maximum absolute atomic E-state index is 13.2. The lowest BCUT2D eigenvalue weighted by Gasteiger charge is -2.29. The first-order valence-corrected chi connectivity index (χ1v) is 10.5. The number of aliphatic carboxylic acids is 1. The molecular formula is C22H33N3O6. The van der Waals surface area contributed by atoms with Crippen molar-refractivity contribution in [3.8, 4) is 11.5 Å². The number of likely N-dealkylation sites (N-methyl/N-ethyl adjacent to an activating group) is 1. The number of carboxylic acid groups (broad SMARTS) is 1. The zero-order valence-corrected chi connectivity index (χ0v) is 18.5. The molecule has 0 radical (unpaired) electrons. The maximum Gasteiger partial charge on any atom is 0.300 e. The van der Waals surface area contributed by atoms with Crippen LogP contribution >= 0.6 is 0 Å². The number of methoxy groups -OCH3 is 1. The fraction of sp³-hybridized carbons (Fsp3) is 0.591. The molecule has 2 saturated heterocycles. The van der Waals surface area contributed by atoms with Gasteiger partial charge in [0, 0.05) is 38.7 Å². The van der Waals surface area contributed by atoms with Crippen molar-refractivity contribution in [2.45, 2.75) is 38.6 Å². The molecule has 0 aromatic heterocycles. The van der Waals surface area contributed by atoms with Gasteiger partial charge in [0.2, 0.25) is 5.91 Å². The molecule has 0 spiro atoms. The number of nitrogens with two attached hydrogens (primary N) is 1. The van der Waals surface area contributed by atoms with Gasteiger partial charge >= 0.3 is 0 Å². The molecule has 9 heteroatoms. The Labute approximate surface area is 183 Å². The van der Waals surface area contributed by atoms with Gasteiger partial charge in [-0.05, 0) is 44.0 Å². The third-order valence-corrected chi connectivity index (χ3v) is 5.51. The van der Waals surface area contributed by atoms with E-state index in [1.165, 1.54) is 0 Å².